The first-order chi connectivity index (χ1) is 18.8. The standard InChI is InChI=1S/C30H30N4O5/c1-2-25-28(37)34(24-10-6-7-11-26(24)39-25)18-27(36)33(17-20-8-4-3-5-9-20)23-13-12-21-15-30(19-35,32-29(31)38)16-22(21)14-23/h3-14,19,25H,2,15-18H2,1H3,(H3,31,32,38). The summed E-state index contributed by atoms with van der Waals surface area (Å²) in [5, 5.41) is 2.58. The molecule has 3 aromatic carbocycles. The largest absolute Gasteiger partial charge is 0.478 e. The van der Waals surface area contributed by atoms with Gasteiger partial charge in [-0.15, -0.1) is 0 Å². The Balaban J connectivity index is 1.47. The molecule has 3 N–H and O–H groups in total. The van der Waals surface area contributed by atoms with Crippen molar-refractivity contribution < 1.29 is 23.9 Å². The van der Waals surface area contributed by atoms with E-state index in [-0.39, 0.29) is 31.3 Å². The van der Waals surface area contributed by atoms with Gasteiger partial charge in [-0.3, -0.25) is 14.5 Å². The lowest BCUT2D eigenvalue weighted by Crippen LogP contribution is -2.52. The second kappa shape index (κ2) is 10.6. The van der Waals surface area contributed by atoms with Gasteiger partial charge in [-0.1, -0.05) is 55.5 Å². The van der Waals surface area contributed by atoms with Crippen LogP contribution in [0.1, 0.15) is 30.0 Å². The normalized spacial score (nSPS) is 19.5. The van der Waals surface area contributed by atoms with Crippen LogP contribution in [0.5, 0.6) is 5.75 Å². The lowest BCUT2D eigenvalue weighted by Gasteiger charge is -2.35. The molecule has 2 atom stereocenters. The number of primary amides is 1. The quantitative estimate of drug-likeness (QED) is 0.437. The van der Waals surface area contributed by atoms with Crippen LogP contribution in [-0.2, 0) is 33.8 Å². The Bertz CT molecular complexity index is 1430. The number of hydrogen-bond acceptors (Lipinski definition) is 5. The van der Waals surface area contributed by atoms with Crippen LogP contribution in [0, 0.1) is 0 Å². The van der Waals surface area contributed by atoms with Crippen molar-refractivity contribution >= 4 is 35.5 Å². The molecule has 0 saturated carbocycles. The molecule has 3 aromatic rings. The van der Waals surface area contributed by atoms with Crippen molar-refractivity contribution in [2.24, 2.45) is 5.73 Å². The van der Waals surface area contributed by atoms with Crippen molar-refractivity contribution in [1.82, 2.24) is 5.32 Å². The van der Waals surface area contributed by atoms with E-state index in [1.54, 1.807) is 23.1 Å². The predicted molar refractivity (Wildman–Crippen MR) is 146 cm³/mol. The molecule has 0 spiro atoms. The average Bonchev–Trinajstić information content (AvgIpc) is 3.30. The number of carbonyl (C=O) groups is 4. The number of rotatable bonds is 8. The molecular formula is C30H30N4O5. The fourth-order valence-electron chi connectivity index (χ4n) is 5.31. The Morgan fingerprint density at radius 1 is 1.08 bits per heavy atom. The molecule has 5 rings (SSSR count). The van der Waals surface area contributed by atoms with E-state index in [2.05, 4.69) is 5.32 Å². The third kappa shape index (κ3) is 5.20. The first-order valence-electron chi connectivity index (χ1n) is 12.9. The maximum Gasteiger partial charge on any atom is 0.312 e. The number of urea groups is 1. The van der Waals surface area contributed by atoms with Crippen molar-refractivity contribution in [2.75, 3.05) is 16.3 Å². The summed E-state index contributed by atoms with van der Waals surface area (Å²) >= 11 is 0. The minimum Gasteiger partial charge on any atom is -0.478 e. The highest BCUT2D eigenvalue weighted by atomic mass is 16.5. The van der Waals surface area contributed by atoms with E-state index >= 15 is 0 Å². The van der Waals surface area contributed by atoms with E-state index in [1.807, 2.05) is 61.5 Å². The molecule has 9 nitrogen and oxygen atoms in total. The number of nitrogens with zero attached hydrogens (tertiary/aromatic N) is 2. The summed E-state index contributed by atoms with van der Waals surface area (Å²) in [7, 11) is 0. The highest BCUT2D eigenvalue weighted by molar-refractivity contribution is 6.07. The fraction of sp³-hybridized carbons (Fsp3) is 0.267. The third-order valence-corrected chi connectivity index (χ3v) is 7.23. The minimum atomic E-state index is -1.11. The Morgan fingerprint density at radius 2 is 1.79 bits per heavy atom. The van der Waals surface area contributed by atoms with Crippen LogP contribution in [0.4, 0.5) is 16.2 Å². The monoisotopic (exact) mass is 526 g/mol. The molecule has 39 heavy (non-hydrogen) atoms. The van der Waals surface area contributed by atoms with Crippen LogP contribution < -0.4 is 25.6 Å². The van der Waals surface area contributed by atoms with E-state index in [0.29, 0.717) is 30.0 Å². The van der Waals surface area contributed by atoms with Crippen LogP contribution in [0.2, 0.25) is 0 Å². The molecule has 0 bridgehead atoms. The van der Waals surface area contributed by atoms with E-state index in [1.165, 1.54) is 4.90 Å². The lowest BCUT2D eigenvalue weighted by atomic mass is 9.98. The Kier molecular flexibility index (Phi) is 7.06. The number of hydrogen-bond donors (Lipinski definition) is 2. The number of anilines is 2. The van der Waals surface area contributed by atoms with Gasteiger partial charge >= 0.3 is 6.03 Å². The number of amides is 4. The molecular weight excluding hydrogens is 496 g/mol. The maximum atomic E-state index is 14.0. The molecule has 9 heteroatoms. The highest BCUT2D eigenvalue weighted by Gasteiger charge is 2.39. The molecule has 0 saturated heterocycles. The molecule has 0 aromatic heterocycles. The van der Waals surface area contributed by atoms with Crippen molar-refractivity contribution in [2.45, 2.75) is 44.4 Å². The highest BCUT2D eigenvalue weighted by Crippen LogP contribution is 2.36. The first-order valence-corrected chi connectivity index (χ1v) is 12.9. The number of ether oxygens (including phenoxy) is 1. The number of carbonyl (C=O) groups excluding carboxylic acids is 4. The van der Waals surface area contributed by atoms with Crippen LogP contribution in [0.15, 0.2) is 72.8 Å². The smallest absolute Gasteiger partial charge is 0.312 e. The summed E-state index contributed by atoms with van der Waals surface area (Å²) in [6, 6.07) is 21.6. The van der Waals surface area contributed by atoms with Gasteiger partial charge in [0.25, 0.3) is 5.91 Å². The molecule has 2 aliphatic rings. The van der Waals surface area contributed by atoms with Gasteiger partial charge in [0, 0.05) is 18.5 Å². The van der Waals surface area contributed by atoms with Crippen LogP contribution in [-0.4, -0.2) is 42.3 Å². The van der Waals surface area contributed by atoms with Gasteiger partial charge in [0.05, 0.1) is 12.2 Å². The summed E-state index contributed by atoms with van der Waals surface area (Å²) in [5.41, 5.74) is 8.06. The SMILES string of the molecule is CCC1Oc2ccccc2N(CC(=O)N(Cc2ccccc2)c2ccc3c(c2)CC(C=O)(NC(N)=O)C3)C1=O. The topological polar surface area (TPSA) is 122 Å². The predicted octanol–water partition coefficient (Wildman–Crippen LogP) is 3.13. The molecule has 4 amide bonds. The van der Waals surface area contributed by atoms with Gasteiger partial charge in [-0.2, -0.15) is 0 Å². The number of fused-ring (bicyclic) bond motifs is 2. The van der Waals surface area contributed by atoms with Gasteiger partial charge in [0.15, 0.2) is 6.10 Å². The molecule has 0 radical (unpaired) electrons. The number of nitrogens with two attached hydrogens (primary N) is 1. The average molecular weight is 527 g/mol. The summed E-state index contributed by atoms with van der Waals surface area (Å²) < 4.78 is 5.87. The van der Waals surface area contributed by atoms with Crippen LogP contribution in [0.25, 0.3) is 0 Å². The molecule has 1 aliphatic carbocycles. The number of nitrogens with one attached hydrogen (secondary N) is 1. The Morgan fingerprint density at radius 3 is 2.51 bits per heavy atom. The molecule has 2 unspecified atom stereocenters. The second-order valence-electron chi connectivity index (χ2n) is 9.94. The van der Waals surface area contributed by atoms with Crippen molar-refractivity contribution in [3.63, 3.8) is 0 Å². The molecule has 1 aliphatic heterocycles. The zero-order chi connectivity index (χ0) is 27.6. The van der Waals surface area contributed by atoms with E-state index in [0.717, 1.165) is 23.0 Å². The van der Waals surface area contributed by atoms with Crippen LogP contribution in [0.3, 0.4) is 0 Å². The van der Waals surface area contributed by atoms with Gasteiger partial charge in [0.2, 0.25) is 5.91 Å². The Labute approximate surface area is 226 Å². The zero-order valence-electron chi connectivity index (χ0n) is 21.6. The van der Waals surface area contributed by atoms with Gasteiger partial charge in [0.1, 0.15) is 24.1 Å². The Hall–Kier alpha value is -4.66. The third-order valence-electron chi connectivity index (χ3n) is 7.23. The summed E-state index contributed by atoms with van der Waals surface area (Å²) in [5.74, 6) is 0.0381. The minimum absolute atomic E-state index is 0.166. The van der Waals surface area contributed by atoms with E-state index < -0.39 is 17.7 Å². The molecule has 200 valence electrons. The fourth-order valence-corrected chi connectivity index (χ4v) is 5.31. The van der Waals surface area contributed by atoms with Crippen LogP contribution >= 0.6 is 0 Å². The summed E-state index contributed by atoms with van der Waals surface area (Å²) in [4.78, 5) is 53.8. The van der Waals surface area contributed by atoms with Crippen molar-refractivity contribution in [3.8, 4) is 5.75 Å². The first kappa shape index (κ1) is 26.0. The molecule has 1 heterocycles. The van der Waals surface area contributed by atoms with E-state index in [9.17, 15) is 19.2 Å². The van der Waals surface area contributed by atoms with Gasteiger partial charge in [-0.25, -0.2) is 4.79 Å². The zero-order valence-corrected chi connectivity index (χ0v) is 21.6. The number of aldehydes is 1. The van der Waals surface area contributed by atoms with Gasteiger partial charge < -0.3 is 25.5 Å². The summed E-state index contributed by atoms with van der Waals surface area (Å²) in [6.07, 6.45) is 1.12. The number of benzene rings is 3. The molecule has 0 fully saturated rings. The van der Waals surface area contributed by atoms with Crippen molar-refractivity contribution in [3.05, 3.63) is 89.5 Å². The second-order valence-corrected chi connectivity index (χ2v) is 9.94. The lowest BCUT2D eigenvalue weighted by molar-refractivity contribution is -0.128. The van der Waals surface area contributed by atoms with Crippen molar-refractivity contribution in [1.29, 1.82) is 0 Å². The van der Waals surface area contributed by atoms with Gasteiger partial charge in [-0.05, 0) is 47.4 Å². The maximum absolute atomic E-state index is 14.0. The number of para-hydroxylation sites is 2. The summed E-state index contributed by atoms with van der Waals surface area (Å²) in [6.45, 7) is 1.99. The van der Waals surface area contributed by atoms with E-state index in [4.69, 9.17) is 10.5 Å².